The Morgan fingerprint density at radius 2 is 1.91 bits per heavy atom. The first-order valence-corrected chi connectivity index (χ1v) is 8.52. The number of rotatable bonds is 5. The van der Waals surface area contributed by atoms with Crippen molar-refractivity contribution in [3.05, 3.63) is 11.6 Å². The molecular weight excluding hydrogens is 294 g/mol. The van der Waals surface area contributed by atoms with E-state index < -0.39 is 0 Å². The highest BCUT2D eigenvalue weighted by molar-refractivity contribution is 5.67. The van der Waals surface area contributed by atoms with E-state index in [1.807, 2.05) is 25.8 Å². The summed E-state index contributed by atoms with van der Waals surface area (Å²) in [6.45, 7) is 10.7. The third-order valence-corrected chi connectivity index (χ3v) is 4.12. The van der Waals surface area contributed by atoms with Crippen LogP contribution in [0.15, 0.2) is 0 Å². The zero-order valence-electron chi connectivity index (χ0n) is 14.8. The molecule has 0 saturated carbocycles. The molecule has 2 rings (SSSR count). The van der Waals surface area contributed by atoms with Gasteiger partial charge in [-0.1, -0.05) is 20.8 Å². The summed E-state index contributed by atoms with van der Waals surface area (Å²) < 4.78 is 7.40. The summed E-state index contributed by atoms with van der Waals surface area (Å²) >= 11 is 0. The van der Waals surface area contributed by atoms with Crippen LogP contribution in [0.25, 0.3) is 0 Å². The fourth-order valence-corrected chi connectivity index (χ4v) is 2.68. The SMILES string of the molecule is CCc1nnc(CN2CCCN(C(=O)OCC(C)C)CC2)n1C. The van der Waals surface area contributed by atoms with Crippen molar-refractivity contribution in [2.75, 3.05) is 32.8 Å². The molecule has 1 amide bonds. The fraction of sp³-hybridized carbons (Fsp3) is 0.812. The van der Waals surface area contributed by atoms with E-state index in [2.05, 4.69) is 26.6 Å². The molecule has 130 valence electrons. The minimum atomic E-state index is -0.188. The Labute approximate surface area is 138 Å². The summed E-state index contributed by atoms with van der Waals surface area (Å²) in [7, 11) is 2.02. The fourth-order valence-electron chi connectivity index (χ4n) is 2.68. The van der Waals surface area contributed by atoms with Gasteiger partial charge in [0.05, 0.1) is 13.2 Å². The second-order valence-electron chi connectivity index (χ2n) is 6.53. The summed E-state index contributed by atoms with van der Waals surface area (Å²) in [4.78, 5) is 16.2. The normalized spacial score (nSPS) is 16.7. The van der Waals surface area contributed by atoms with Crippen molar-refractivity contribution in [3.8, 4) is 0 Å². The molecule has 0 radical (unpaired) electrons. The van der Waals surface area contributed by atoms with Crippen LogP contribution < -0.4 is 0 Å². The molecule has 1 aliphatic heterocycles. The van der Waals surface area contributed by atoms with Crippen LogP contribution in [-0.4, -0.2) is 63.4 Å². The van der Waals surface area contributed by atoms with Gasteiger partial charge in [0, 0.05) is 39.6 Å². The van der Waals surface area contributed by atoms with Crippen LogP contribution in [0.3, 0.4) is 0 Å². The van der Waals surface area contributed by atoms with Crippen LogP contribution >= 0.6 is 0 Å². The van der Waals surface area contributed by atoms with Gasteiger partial charge in [0.2, 0.25) is 0 Å². The van der Waals surface area contributed by atoms with Gasteiger partial charge in [-0.15, -0.1) is 10.2 Å². The molecule has 0 bridgehead atoms. The van der Waals surface area contributed by atoms with Crippen molar-refractivity contribution >= 4 is 6.09 Å². The number of hydrogen-bond acceptors (Lipinski definition) is 5. The Kier molecular flexibility index (Phi) is 6.38. The standard InChI is InChI=1S/C16H29N5O2/c1-5-14-17-18-15(19(14)4)11-20-7-6-8-21(10-9-20)16(22)23-12-13(2)3/h13H,5-12H2,1-4H3. The minimum absolute atomic E-state index is 0.188. The van der Waals surface area contributed by atoms with Crippen molar-refractivity contribution in [1.29, 1.82) is 0 Å². The van der Waals surface area contributed by atoms with Crippen LogP contribution in [0.5, 0.6) is 0 Å². The van der Waals surface area contributed by atoms with Gasteiger partial charge in [0.15, 0.2) is 0 Å². The Morgan fingerprint density at radius 1 is 1.17 bits per heavy atom. The molecule has 1 aromatic heterocycles. The first-order chi connectivity index (χ1) is 11.0. The summed E-state index contributed by atoms with van der Waals surface area (Å²) in [5.74, 6) is 2.36. The first kappa shape index (κ1) is 17.7. The maximum atomic E-state index is 12.1. The van der Waals surface area contributed by atoms with Gasteiger partial charge in [0.1, 0.15) is 11.6 Å². The average Bonchev–Trinajstić information content (AvgIpc) is 2.73. The number of aromatic nitrogens is 3. The van der Waals surface area contributed by atoms with Crippen molar-refractivity contribution in [1.82, 2.24) is 24.6 Å². The van der Waals surface area contributed by atoms with E-state index in [1.54, 1.807) is 0 Å². The Hall–Kier alpha value is -1.63. The molecule has 1 aromatic rings. The van der Waals surface area contributed by atoms with Crippen molar-refractivity contribution in [2.24, 2.45) is 13.0 Å². The van der Waals surface area contributed by atoms with Crippen molar-refractivity contribution < 1.29 is 9.53 Å². The van der Waals surface area contributed by atoms with E-state index in [0.717, 1.165) is 50.7 Å². The Bertz CT molecular complexity index is 515. The predicted molar refractivity (Wildman–Crippen MR) is 88.0 cm³/mol. The molecule has 1 saturated heterocycles. The van der Waals surface area contributed by atoms with Gasteiger partial charge in [-0.2, -0.15) is 0 Å². The number of nitrogens with zero attached hydrogens (tertiary/aromatic N) is 5. The number of carbonyl (C=O) groups excluding carboxylic acids is 1. The van der Waals surface area contributed by atoms with Crippen LogP contribution in [0.4, 0.5) is 4.79 Å². The molecule has 7 heteroatoms. The van der Waals surface area contributed by atoms with Crippen LogP contribution in [0, 0.1) is 5.92 Å². The van der Waals surface area contributed by atoms with Gasteiger partial charge in [0.25, 0.3) is 0 Å². The zero-order chi connectivity index (χ0) is 16.8. The predicted octanol–water partition coefficient (Wildman–Crippen LogP) is 1.68. The number of aryl methyl sites for hydroxylation is 1. The van der Waals surface area contributed by atoms with E-state index in [1.165, 1.54) is 0 Å². The van der Waals surface area contributed by atoms with Crippen molar-refractivity contribution in [3.63, 3.8) is 0 Å². The van der Waals surface area contributed by atoms with E-state index in [0.29, 0.717) is 19.1 Å². The van der Waals surface area contributed by atoms with Gasteiger partial charge < -0.3 is 14.2 Å². The highest BCUT2D eigenvalue weighted by atomic mass is 16.6. The summed E-state index contributed by atoms with van der Waals surface area (Å²) in [5, 5.41) is 8.49. The van der Waals surface area contributed by atoms with E-state index >= 15 is 0 Å². The molecule has 0 aromatic carbocycles. The Morgan fingerprint density at radius 3 is 2.57 bits per heavy atom. The van der Waals surface area contributed by atoms with Crippen LogP contribution in [0.1, 0.15) is 38.8 Å². The highest BCUT2D eigenvalue weighted by Crippen LogP contribution is 2.10. The van der Waals surface area contributed by atoms with Gasteiger partial charge in [-0.3, -0.25) is 4.90 Å². The highest BCUT2D eigenvalue weighted by Gasteiger charge is 2.21. The topological polar surface area (TPSA) is 63.5 Å². The molecule has 0 spiro atoms. The first-order valence-electron chi connectivity index (χ1n) is 8.52. The minimum Gasteiger partial charge on any atom is -0.449 e. The lowest BCUT2D eigenvalue weighted by Gasteiger charge is -2.21. The molecule has 7 nitrogen and oxygen atoms in total. The lowest BCUT2D eigenvalue weighted by Crippen LogP contribution is -2.36. The van der Waals surface area contributed by atoms with Crippen LogP contribution in [-0.2, 0) is 24.8 Å². The molecule has 0 unspecified atom stereocenters. The smallest absolute Gasteiger partial charge is 0.409 e. The van der Waals surface area contributed by atoms with E-state index in [4.69, 9.17) is 4.74 Å². The number of ether oxygens (including phenoxy) is 1. The van der Waals surface area contributed by atoms with Gasteiger partial charge in [-0.25, -0.2) is 4.79 Å². The summed E-state index contributed by atoms with van der Waals surface area (Å²) in [6.07, 6.45) is 1.65. The summed E-state index contributed by atoms with van der Waals surface area (Å²) in [5.41, 5.74) is 0. The molecule has 1 aliphatic rings. The molecule has 23 heavy (non-hydrogen) atoms. The number of hydrogen-bond donors (Lipinski definition) is 0. The average molecular weight is 323 g/mol. The van der Waals surface area contributed by atoms with Crippen LogP contribution in [0.2, 0.25) is 0 Å². The molecule has 1 fully saturated rings. The lowest BCUT2D eigenvalue weighted by atomic mass is 10.2. The zero-order valence-corrected chi connectivity index (χ0v) is 14.8. The monoisotopic (exact) mass is 323 g/mol. The molecule has 0 N–H and O–H groups in total. The maximum absolute atomic E-state index is 12.1. The third kappa shape index (κ3) is 4.92. The van der Waals surface area contributed by atoms with E-state index in [9.17, 15) is 4.79 Å². The Balaban J connectivity index is 1.86. The van der Waals surface area contributed by atoms with Gasteiger partial charge in [-0.05, 0) is 12.3 Å². The molecule has 2 heterocycles. The lowest BCUT2D eigenvalue weighted by molar-refractivity contribution is 0.0929. The third-order valence-electron chi connectivity index (χ3n) is 4.12. The van der Waals surface area contributed by atoms with Gasteiger partial charge >= 0.3 is 6.09 Å². The number of carbonyl (C=O) groups is 1. The largest absolute Gasteiger partial charge is 0.449 e. The maximum Gasteiger partial charge on any atom is 0.409 e. The second kappa shape index (κ2) is 8.29. The quantitative estimate of drug-likeness (QED) is 0.825. The second-order valence-corrected chi connectivity index (χ2v) is 6.53. The molecule has 0 atom stereocenters. The molecule has 0 aliphatic carbocycles. The number of amides is 1. The van der Waals surface area contributed by atoms with Crippen molar-refractivity contribution in [2.45, 2.75) is 40.2 Å². The van der Waals surface area contributed by atoms with E-state index in [-0.39, 0.29) is 6.09 Å². The molecular formula is C16H29N5O2. The summed E-state index contributed by atoms with van der Waals surface area (Å²) in [6, 6.07) is 0.